The molecule has 3 aromatic rings. The van der Waals surface area contributed by atoms with Gasteiger partial charge in [-0.05, 0) is 50.3 Å². The van der Waals surface area contributed by atoms with E-state index >= 15 is 0 Å². The van der Waals surface area contributed by atoms with Gasteiger partial charge in [0.15, 0.2) is 11.5 Å². The maximum Gasteiger partial charge on any atom is 0.206 e. The number of carbonyl (C=O) groups excluding carboxylic acids is 1. The first-order chi connectivity index (χ1) is 18.0. The molecule has 0 saturated heterocycles. The smallest absolute Gasteiger partial charge is 0.206 e. The Bertz CT molecular complexity index is 1070. The van der Waals surface area contributed by atoms with Crippen LogP contribution in [0, 0.1) is 12.7 Å². The summed E-state index contributed by atoms with van der Waals surface area (Å²) in [5.74, 6) is 1.56. The van der Waals surface area contributed by atoms with Crippen molar-refractivity contribution < 1.29 is 18.7 Å². The summed E-state index contributed by atoms with van der Waals surface area (Å²) in [5.41, 5.74) is 1.66. The number of methoxy groups -OCH3 is 1. The van der Waals surface area contributed by atoms with Gasteiger partial charge in [0.2, 0.25) is 6.41 Å². The summed E-state index contributed by atoms with van der Waals surface area (Å²) in [5, 5.41) is 6.11. The van der Waals surface area contributed by atoms with Crippen molar-refractivity contribution in [1.82, 2.24) is 15.3 Å². The molecule has 0 atom stereocenters. The number of hydrogen-bond acceptors (Lipinski definition) is 6. The number of carbonyl (C=O) groups is 1. The van der Waals surface area contributed by atoms with Gasteiger partial charge in [0, 0.05) is 18.5 Å². The van der Waals surface area contributed by atoms with Crippen LogP contribution in [0.2, 0.25) is 0 Å². The van der Waals surface area contributed by atoms with Gasteiger partial charge in [0.1, 0.15) is 18.0 Å². The van der Waals surface area contributed by atoms with Crippen molar-refractivity contribution in [1.29, 1.82) is 0 Å². The first-order valence-electron chi connectivity index (χ1n) is 13.1. The van der Waals surface area contributed by atoms with Gasteiger partial charge in [-0.15, -0.1) is 0 Å². The van der Waals surface area contributed by atoms with Gasteiger partial charge >= 0.3 is 0 Å². The van der Waals surface area contributed by atoms with Gasteiger partial charge in [0.05, 0.1) is 24.4 Å². The molecule has 1 aliphatic carbocycles. The zero-order chi connectivity index (χ0) is 27.6. The van der Waals surface area contributed by atoms with Crippen LogP contribution in [0.3, 0.4) is 0 Å². The van der Waals surface area contributed by atoms with Crippen molar-refractivity contribution in [3.63, 3.8) is 0 Å². The Kier molecular flexibility index (Phi) is 15.3. The average molecular weight is 515 g/mol. The SMILES string of the molecule is CC.CCC.CNC=O.COc1cc2ncnc(Nc3cccc(C)c3F)c2cc1OC1CCCCC1. The minimum Gasteiger partial charge on any atom is -0.493 e. The molecule has 1 saturated carbocycles. The molecule has 2 aromatic carbocycles. The van der Waals surface area contributed by atoms with Gasteiger partial charge in [0.25, 0.3) is 0 Å². The lowest BCUT2D eigenvalue weighted by atomic mass is 9.98. The van der Waals surface area contributed by atoms with Crippen molar-refractivity contribution in [2.24, 2.45) is 0 Å². The zero-order valence-electron chi connectivity index (χ0n) is 23.4. The molecule has 37 heavy (non-hydrogen) atoms. The Hall–Kier alpha value is -3.42. The summed E-state index contributed by atoms with van der Waals surface area (Å²) in [7, 11) is 3.18. The Labute approximate surface area is 221 Å². The minimum absolute atomic E-state index is 0.190. The van der Waals surface area contributed by atoms with Crippen LogP contribution in [0.5, 0.6) is 11.5 Å². The number of rotatable bonds is 6. The van der Waals surface area contributed by atoms with E-state index in [-0.39, 0.29) is 11.9 Å². The van der Waals surface area contributed by atoms with Crippen molar-refractivity contribution in [3.8, 4) is 11.5 Å². The van der Waals surface area contributed by atoms with E-state index in [1.165, 1.54) is 32.0 Å². The summed E-state index contributed by atoms with van der Waals surface area (Å²) >= 11 is 0. The molecule has 4 rings (SSSR count). The Morgan fingerprint density at radius 2 is 1.73 bits per heavy atom. The van der Waals surface area contributed by atoms with Gasteiger partial charge in [-0.25, -0.2) is 14.4 Å². The molecule has 0 spiro atoms. The lowest BCUT2D eigenvalue weighted by Gasteiger charge is -2.24. The minimum atomic E-state index is -0.290. The normalized spacial score (nSPS) is 12.4. The number of aryl methyl sites for hydroxylation is 1. The Morgan fingerprint density at radius 3 is 2.32 bits per heavy atom. The fourth-order valence-electron chi connectivity index (χ4n) is 3.65. The van der Waals surface area contributed by atoms with Gasteiger partial charge in [-0.2, -0.15) is 0 Å². The summed E-state index contributed by atoms with van der Waals surface area (Å²) in [4.78, 5) is 17.7. The highest BCUT2D eigenvalue weighted by atomic mass is 19.1. The summed E-state index contributed by atoms with van der Waals surface area (Å²) in [6.07, 6.45) is 9.25. The van der Waals surface area contributed by atoms with Crippen molar-refractivity contribution in [2.45, 2.75) is 79.2 Å². The molecule has 1 aliphatic rings. The van der Waals surface area contributed by atoms with E-state index in [0.29, 0.717) is 40.5 Å². The molecule has 8 heteroatoms. The lowest BCUT2D eigenvalue weighted by molar-refractivity contribution is -0.109. The summed E-state index contributed by atoms with van der Waals surface area (Å²) in [6, 6.07) is 8.97. The molecule has 7 nitrogen and oxygen atoms in total. The zero-order valence-corrected chi connectivity index (χ0v) is 23.4. The van der Waals surface area contributed by atoms with Crippen molar-refractivity contribution in [3.05, 3.63) is 48.0 Å². The van der Waals surface area contributed by atoms with Crippen LogP contribution in [-0.4, -0.2) is 36.6 Å². The quantitative estimate of drug-likeness (QED) is 0.335. The topological polar surface area (TPSA) is 85.4 Å². The summed E-state index contributed by atoms with van der Waals surface area (Å²) < 4.78 is 26.2. The van der Waals surface area contributed by atoms with E-state index in [2.05, 4.69) is 34.4 Å². The molecule has 1 amide bonds. The third-order valence-electron chi connectivity index (χ3n) is 5.33. The summed E-state index contributed by atoms with van der Waals surface area (Å²) in [6.45, 7) is 9.99. The second kappa shape index (κ2) is 17.9. The number of hydrogen-bond donors (Lipinski definition) is 2. The molecule has 1 fully saturated rings. The molecule has 2 N–H and O–H groups in total. The monoisotopic (exact) mass is 514 g/mol. The van der Waals surface area contributed by atoms with E-state index in [4.69, 9.17) is 14.3 Å². The Balaban J connectivity index is 0.000000670. The molecule has 1 heterocycles. The molecule has 1 aromatic heterocycles. The molecule has 0 aliphatic heterocycles. The third kappa shape index (κ3) is 9.86. The van der Waals surface area contributed by atoms with E-state index < -0.39 is 0 Å². The molecule has 0 unspecified atom stereocenters. The van der Waals surface area contributed by atoms with Crippen LogP contribution in [0.4, 0.5) is 15.9 Å². The predicted molar refractivity (Wildman–Crippen MR) is 150 cm³/mol. The van der Waals surface area contributed by atoms with Crippen LogP contribution in [0.1, 0.15) is 71.8 Å². The highest BCUT2D eigenvalue weighted by Gasteiger charge is 2.19. The molecule has 0 radical (unpaired) electrons. The fourth-order valence-corrected chi connectivity index (χ4v) is 3.65. The number of benzene rings is 2. The van der Waals surface area contributed by atoms with Crippen molar-refractivity contribution >= 4 is 28.8 Å². The van der Waals surface area contributed by atoms with E-state index in [1.54, 1.807) is 33.2 Å². The highest BCUT2D eigenvalue weighted by molar-refractivity contribution is 5.93. The number of fused-ring (bicyclic) bond motifs is 1. The van der Waals surface area contributed by atoms with Crippen molar-refractivity contribution in [2.75, 3.05) is 19.5 Å². The number of amides is 1. The van der Waals surface area contributed by atoms with Gasteiger partial charge in [-0.1, -0.05) is 52.7 Å². The number of nitrogens with one attached hydrogen (secondary N) is 2. The third-order valence-corrected chi connectivity index (χ3v) is 5.33. The number of aromatic nitrogens is 2. The number of anilines is 2. The van der Waals surface area contributed by atoms with Crippen LogP contribution in [-0.2, 0) is 4.79 Å². The maximum atomic E-state index is 14.4. The number of ether oxygens (including phenoxy) is 2. The van der Waals surface area contributed by atoms with Crippen LogP contribution in [0.25, 0.3) is 10.9 Å². The molecule has 204 valence electrons. The molecular weight excluding hydrogens is 471 g/mol. The van der Waals surface area contributed by atoms with Gasteiger partial charge < -0.3 is 20.1 Å². The molecule has 0 bridgehead atoms. The standard InChI is InChI=1S/C22H24FN3O2.C3H8.C2H5NO.C2H6/c1-14-7-6-10-17(21(14)23)26-22-16-11-20(28-15-8-4-3-5-9-15)19(27-2)12-18(16)24-13-25-22;1-3-2;1-3-2-4;1-2/h6-7,10-13,15H,3-5,8-9H2,1-2H3,(H,24,25,26);3H2,1-2H3;2H,1H3,(H,3,4);1-2H3. The first-order valence-corrected chi connectivity index (χ1v) is 13.1. The Morgan fingerprint density at radius 1 is 1.08 bits per heavy atom. The first kappa shape index (κ1) is 31.6. The number of halogens is 1. The second-order valence-electron chi connectivity index (χ2n) is 8.30. The van der Waals surface area contributed by atoms with Gasteiger partial charge in [-0.3, -0.25) is 4.79 Å². The van der Waals surface area contributed by atoms with E-state index in [9.17, 15) is 4.39 Å². The van der Waals surface area contributed by atoms with Crippen LogP contribution >= 0.6 is 0 Å². The highest BCUT2D eigenvalue weighted by Crippen LogP contribution is 2.37. The maximum absolute atomic E-state index is 14.4. The van der Waals surface area contributed by atoms with E-state index in [1.807, 2.05) is 32.0 Å². The second-order valence-corrected chi connectivity index (χ2v) is 8.30. The van der Waals surface area contributed by atoms with Crippen LogP contribution < -0.4 is 20.1 Å². The lowest BCUT2D eigenvalue weighted by Crippen LogP contribution is -2.19. The number of nitrogens with zero attached hydrogens (tertiary/aromatic N) is 2. The molecular formula is C29H43FN4O3. The average Bonchev–Trinajstić information content (AvgIpc) is 2.93. The fraction of sp³-hybridized carbons (Fsp3) is 0.483. The largest absolute Gasteiger partial charge is 0.493 e. The van der Waals surface area contributed by atoms with Crippen LogP contribution in [0.15, 0.2) is 36.7 Å². The van der Waals surface area contributed by atoms with E-state index in [0.717, 1.165) is 18.2 Å². The predicted octanol–water partition coefficient (Wildman–Crippen LogP) is 7.35.